The van der Waals surface area contributed by atoms with Crippen LogP contribution in [0.25, 0.3) is 0 Å². The van der Waals surface area contributed by atoms with E-state index in [0.29, 0.717) is 13.1 Å². The van der Waals surface area contributed by atoms with Crippen molar-refractivity contribution >= 4 is 10.0 Å². The molecule has 0 saturated carbocycles. The fraction of sp³-hybridized carbons (Fsp3) is 1.00. The molecule has 1 fully saturated rings. The molecule has 1 aliphatic heterocycles. The van der Waals surface area contributed by atoms with Crippen LogP contribution in [0.1, 0.15) is 33.6 Å². The largest absolute Gasteiger partial charge is 0.325 e. The molecule has 0 radical (unpaired) electrons. The second kappa shape index (κ2) is 3.79. The van der Waals surface area contributed by atoms with Gasteiger partial charge in [0.05, 0.1) is 5.25 Å². The van der Waals surface area contributed by atoms with Crippen LogP contribution in [-0.4, -0.2) is 36.6 Å². The predicted molar refractivity (Wildman–Crippen MR) is 57.5 cm³/mol. The molecule has 14 heavy (non-hydrogen) atoms. The molecule has 0 amide bonds. The summed E-state index contributed by atoms with van der Waals surface area (Å²) in [4.78, 5) is 0. The standard InChI is InChI=1S/C9H20N2O2S/c1-8(2)14(12,13)11-6-4-9(3,10)5-7-11/h8H,4-7,10H2,1-3H3. The van der Waals surface area contributed by atoms with Crippen LogP contribution in [0, 0.1) is 0 Å². The summed E-state index contributed by atoms with van der Waals surface area (Å²) in [5.41, 5.74) is 5.75. The molecule has 1 heterocycles. The maximum atomic E-state index is 11.8. The van der Waals surface area contributed by atoms with Crippen LogP contribution in [-0.2, 0) is 10.0 Å². The normalized spacial score (nSPS) is 24.1. The predicted octanol–water partition coefficient (Wildman–Crippen LogP) is 0.538. The smallest absolute Gasteiger partial charge is 0.216 e. The minimum Gasteiger partial charge on any atom is -0.325 e. The van der Waals surface area contributed by atoms with E-state index < -0.39 is 10.0 Å². The van der Waals surface area contributed by atoms with Crippen molar-refractivity contribution in [3.05, 3.63) is 0 Å². The van der Waals surface area contributed by atoms with Gasteiger partial charge >= 0.3 is 0 Å². The molecule has 0 aliphatic carbocycles. The summed E-state index contributed by atoms with van der Waals surface area (Å²) >= 11 is 0. The Morgan fingerprint density at radius 1 is 1.29 bits per heavy atom. The molecule has 2 N–H and O–H groups in total. The Bertz CT molecular complexity index is 286. The molecular formula is C9H20N2O2S. The lowest BCUT2D eigenvalue weighted by atomic mass is 9.92. The Balaban J connectivity index is 2.68. The Hall–Kier alpha value is -0.130. The number of hydrogen-bond acceptors (Lipinski definition) is 3. The molecule has 84 valence electrons. The van der Waals surface area contributed by atoms with Gasteiger partial charge in [-0.05, 0) is 33.6 Å². The summed E-state index contributed by atoms with van der Waals surface area (Å²) in [7, 11) is -3.07. The maximum Gasteiger partial charge on any atom is 0.216 e. The van der Waals surface area contributed by atoms with Crippen molar-refractivity contribution in [1.29, 1.82) is 0 Å². The van der Waals surface area contributed by atoms with Gasteiger partial charge in [-0.25, -0.2) is 12.7 Å². The summed E-state index contributed by atoms with van der Waals surface area (Å²) in [6.07, 6.45) is 1.50. The summed E-state index contributed by atoms with van der Waals surface area (Å²) in [5.74, 6) is 0. The second-order valence-corrected chi connectivity index (χ2v) is 7.14. The molecular weight excluding hydrogens is 200 g/mol. The third-order valence-corrected chi connectivity index (χ3v) is 5.10. The van der Waals surface area contributed by atoms with Crippen molar-refractivity contribution < 1.29 is 8.42 Å². The Morgan fingerprint density at radius 2 is 1.71 bits per heavy atom. The Labute approximate surface area is 86.5 Å². The number of piperidine rings is 1. The molecule has 5 heteroatoms. The van der Waals surface area contributed by atoms with E-state index in [1.54, 1.807) is 18.2 Å². The first-order valence-electron chi connectivity index (χ1n) is 5.03. The third kappa shape index (κ3) is 2.46. The fourth-order valence-electron chi connectivity index (χ4n) is 1.55. The van der Waals surface area contributed by atoms with E-state index in [1.807, 2.05) is 6.92 Å². The second-order valence-electron chi connectivity index (χ2n) is 4.65. The van der Waals surface area contributed by atoms with Crippen molar-refractivity contribution in [2.75, 3.05) is 13.1 Å². The molecule has 0 aromatic heterocycles. The molecule has 4 nitrogen and oxygen atoms in total. The first-order valence-corrected chi connectivity index (χ1v) is 6.54. The van der Waals surface area contributed by atoms with E-state index in [0.717, 1.165) is 12.8 Å². The monoisotopic (exact) mass is 220 g/mol. The van der Waals surface area contributed by atoms with Crippen molar-refractivity contribution in [3.63, 3.8) is 0 Å². The number of hydrogen-bond donors (Lipinski definition) is 1. The minimum absolute atomic E-state index is 0.191. The zero-order valence-corrected chi connectivity index (χ0v) is 9.97. The Morgan fingerprint density at radius 3 is 2.07 bits per heavy atom. The number of sulfonamides is 1. The zero-order chi connectivity index (χ0) is 11.0. The first kappa shape index (κ1) is 11.9. The third-order valence-electron chi connectivity index (χ3n) is 2.82. The highest BCUT2D eigenvalue weighted by Gasteiger charge is 2.33. The van der Waals surface area contributed by atoms with Crippen LogP contribution >= 0.6 is 0 Å². The van der Waals surface area contributed by atoms with E-state index in [-0.39, 0.29) is 10.8 Å². The van der Waals surface area contributed by atoms with Crippen molar-refractivity contribution in [2.45, 2.75) is 44.4 Å². The average molecular weight is 220 g/mol. The van der Waals surface area contributed by atoms with E-state index >= 15 is 0 Å². The number of nitrogens with two attached hydrogens (primary N) is 1. The SMILES string of the molecule is CC(C)S(=O)(=O)N1CCC(C)(N)CC1. The highest BCUT2D eigenvalue weighted by molar-refractivity contribution is 7.89. The van der Waals surface area contributed by atoms with Gasteiger partial charge in [0.2, 0.25) is 10.0 Å². The first-order chi connectivity index (χ1) is 6.26. The van der Waals surface area contributed by atoms with Crippen LogP contribution in [0.3, 0.4) is 0 Å². The molecule has 0 spiro atoms. The summed E-state index contributed by atoms with van der Waals surface area (Å²) < 4.78 is 25.1. The van der Waals surface area contributed by atoms with Gasteiger partial charge in [0, 0.05) is 18.6 Å². The summed E-state index contributed by atoms with van der Waals surface area (Å²) in [5, 5.41) is -0.329. The quantitative estimate of drug-likeness (QED) is 0.738. The lowest BCUT2D eigenvalue weighted by molar-refractivity contribution is 0.251. The highest BCUT2D eigenvalue weighted by Crippen LogP contribution is 2.22. The van der Waals surface area contributed by atoms with Gasteiger partial charge in [0.15, 0.2) is 0 Å². The molecule has 1 saturated heterocycles. The van der Waals surface area contributed by atoms with Gasteiger partial charge in [0.25, 0.3) is 0 Å². The van der Waals surface area contributed by atoms with Crippen LogP contribution in [0.4, 0.5) is 0 Å². The van der Waals surface area contributed by atoms with E-state index in [1.165, 1.54) is 0 Å². The molecule has 0 aromatic carbocycles. The van der Waals surface area contributed by atoms with E-state index in [2.05, 4.69) is 0 Å². The van der Waals surface area contributed by atoms with Crippen LogP contribution in [0.5, 0.6) is 0 Å². The molecule has 0 bridgehead atoms. The molecule has 0 atom stereocenters. The Kier molecular flexibility index (Phi) is 3.23. The van der Waals surface area contributed by atoms with Crippen LogP contribution in [0.15, 0.2) is 0 Å². The molecule has 0 aromatic rings. The number of nitrogens with zero attached hydrogens (tertiary/aromatic N) is 1. The van der Waals surface area contributed by atoms with E-state index in [9.17, 15) is 8.42 Å². The number of rotatable bonds is 2. The van der Waals surface area contributed by atoms with Gasteiger partial charge in [-0.2, -0.15) is 0 Å². The molecule has 1 rings (SSSR count). The van der Waals surface area contributed by atoms with Crippen LogP contribution < -0.4 is 5.73 Å². The minimum atomic E-state index is -3.07. The van der Waals surface area contributed by atoms with Crippen molar-refractivity contribution in [2.24, 2.45) is 5.73 Å². The molecule has 0 unspecified atom stereocenters. The fourth-order valence-corrected chi connectivity index (χ4v) is 2.84. The van der Waals surface area contributed by atoms with Crippen molar-refractivity contribution in [3.8, 4) is 0 Å². The average Bonchev–Trinajstić information content (AvgIpc) is 2.03. The summed E-state index contributed by atoms with van der Waals surface area (Å²) in [6, 6.07) is 0. The van der Waals surface area contributed by atoms with Gasteiger partial charge in [-0.3, -0.25) is 0 Å². The highest BCUT2D eigenvalue weighted by atomic mass is 32.2. The van der Waals surface area contributed by atoms with E-state index in [4.69, 9.17) is 5.73 Å². The zero-order valence-electron chi connectivity index (χ0n) is 9.16. The molecule has 1 aliphatic rings. The lowest BCUT2D eigenvalue weighted by Gasteiger charge is -2.36. The van der Waals surface area contributed by atoms with Gasteiger partial charge < -0.3 is 5.73 Å². The summed E-state index contributed by atoms with van der Waals surface area (Å²) in [6.45, 7) is 6.53. The van der Waals surface area contributed by atoms with Gasteiger partial charge in [0.1, 0.15) is 0 Å². The van der Waals surface area contributed by atoms with Gasteiger partial charge in [-0.15, -0.1) is 0 Å². The van der Waals surface area contributed by atoms with Crippen molar-refractivity contribution in [1.82, 2.24) is 4.31 Å². The van der Waals surface area contributed by atoms with Crippen LogP contribution in [0.2, 0.25) is 0 Å². The maximum absolute atomic E-state index is 11.8. The topological polar surface area (TPSA) is 63.4 Å². The van der Waals surface area contributed by atoms with Gasteiger partial charge in [-0.1, -0.05) is 0 Å². The lowest BCUT2D eigenvalue weighted by Crippen LogP contribution is -2.51.